The molecule has 0 spiro atoms. The Morgan fingerprint density at radius 3 is 2.94 bits per heavy atom. The van der Waals surface area contributed by atoms with Crippen LogP contribution < -0.4 is 5.32 Å². The fourth-order valence-electron chi connectivity index (χ4n) is 2.35. The number of piperidine rings is 1. The van der Waals surface area contributed by atoms with Crippen molar-refractivity contribution < 1.29 is 4.79 Å². The third-order valence-electron chi connectivity index (χ3n) is 3.38. The Kier molecular flexibility index (Phi) is 6.52. The summed E-state index contributed by atoms with van der Waals surface area (Å²) in [6.07, 6.45) is 3.52. The summed E-state index contributed by atoms with van der Waals surface area (Å²) in [5, 5.41) is 3.12. The third-order valence-corrected chi connectivity index (χ3v) is 3.38. The first-order chi connectivity index (χ1) is 8.13. The second-order valence-corrected chi connectivity index (χ2v) is 5.28. The summed E-state index contributed by atoms with van der Waals surface area (Å²) < 4.78 is 0. The van der Waals surface area contributed by atoms with E-state index in [9.17, 15) is 4.79 Å². The number of carbonyl (C=O) groups excluding carboxylic acids is 1. The molecule has 0 radical (unpaired) electrons. The molecule has 4 heteroatoms. The molecule has 1 aliphatic rings. The van der Waals surface area contributed by atoms with Crippen LogP contribution in [-0.2, 0) is 4.79 Å². The lowest BCUT2D eigenvalue weighted by Gasteiger charge is -2.32. The fourth-order valence-corrected chi connectivity index (χ4v) is 2.35. The molecule has 4 nitrogen and oxygen atoms in total. The number of rotatable bonds is 6. The summed E-state index contributed by atoms with van der Waals surface area (Å²) in [5.74, 6) is 0.964. The molecule has 1 aliphatic heterocycles. The minimum absolute atomic E-state index is 0.295. The SMILES string of the molecule is CNCCCN(C)CC(=O)N1CCCC(C)C1. The Morgan fingerprint density at radius 1 is 1.53 bits per heavy atom. The molecule has 0 aromatic heterocycles. The number of nitrogens with zero attached hydrogens (tertiary/aromatic N) is 2. The van der Waals surface area contributed by atoms with E-state index in [1.165, 1.54) is 6.42 Å². The van der Waals surface area contributed by atoms with Crippen molar-refractivity contribution in [2.75, 3.05) is 46.8 Å². The molecule has 1 fully saturated rings. The highest BCUT2D eigenvalue weighted by molar-refractivity contribution is 5.78. The van der Waals surface area contributed by atoms with E-state index >= 15 is 0 Å². The lowest BCUT2D eigenvalue weighted by atomic mass is 10.0. The topological polar surface area (TPSA) is 35.6 Å². The summed E-state index contributed by atoms with van der Waals surface area (Å²) in [7, 11) is 3.99. The lowest BCUT2D eigenvalue weighted by Crippen LogP contribution is -2.44. The Bertz CT molecular complexity index is 233. The molecule has 0 aliphatic carbocycles. The standard InChI is InChI=1S/C13H27N3O/c1-12-6-4-9-16(10-12)13(17)11-15(3)8-5-7-14-2/h12,14H,4-11H2,1-3H3. The van der Waals surface area contributed by atoms with Gasteiger partial charge in [0.25, 0.3) is 0 Å². The molecule has 17 heavy (non-hydrogen) atoms. The van der Waals surface area contributed by atoms with E-state index in [-0.39, 0.29) is 0 Å². The van der Waals surface area contributed by atoms with Crippen LogP contribution in [0.2, 0.25) is 0 Å². The maximum Gasteiger partial charge on any atom is 0.236 e. The molecular formula is C13H27N3O. The van der Waals surface area contributed by atoms with Crippen molar-refractivity contribution in [3.8, 4) is 0 Å². The summed E-state index contributed by atoms with van der Waals surface area (Å²) in [5.41, 5.74) is 0. The van der Waals surface area contributed by atoms with Gasteiger partial charge in [-0.25, -0.2) is 0 Å². The molecule has 0 aromatic rings. The van der Waals surface area contributed by atoms with Gasteiger partial charge >= 0.3 is 0 Å². The van der Waals surface area contributed by atoms with E-state index in [1.54, 1.807) is 0 Å². The van der Waals surface area contributed by atoms with Gasteiger partial charge in [0.05, 0.1) is 6.54 Å². The van der Waals surface area contributed by atoms with Gasteiger partial charge < -0.3 is 10.2 Å². The first-order valence-corrected chi connectivity index (χ1v) is 6.74. The Morgan fingerprint density at radius 2 is 2.29 bits per heavy atom. The zero-order valence-corrected chi connectivity index (χ0v) is 11.5. The summed E-state index contributed by atoms with van der Waals surface area (Å²) in [6, 6.07) is 0. The van der Waals surface area contributed by atoms with Crippen LogP contribution in [0.3, 0.4) is 0 Å². The van der Waals surface area contributed by atoms with Crippen molar-refractivity contribution in [2.24, 2.45) is 5.92 Å². The molecule has 0 aromatic carbocycles. The van der Waals surface area contributed by atoms with Crippen molar-refractivity contribution in [1.82, 2.24) is 15.1 Å². The van der Waals surface area contributed by atoms with Crippen LogP contribution in [0.5, 0.6) is 0 Å². The maximum atomic E-state index is 12.1. The second-order valence-electron chi connectivity index (χ2n) is 5.28. The highest BCUT2D eigenvalue weighted by Gasteiger charge is 2.21. The van der Waals surface area contributed by atoms with Gasteiger partial charge in [-0.15, -0.1) is 0 Å². The van der Waals surface area contributed by atoms with Gasteiger partial charge in [0.15, 0.2) is 0 Å². The number of likely N-dealkylation sites (tertiary alicyclic amines) is 1. The molecule has 0 saturated carbocycles. The van der Waals surface area contributed by atoms with Crippen LogP contribution in [-0.4, -0.2) is 62.5 Å². The van der Waals surface area contributed by atoms with Crippen molar-refractivity contribution in [2.45, 2.75) is 26.2 Å². The monoisotopic (exact) mass is 241 g/mol. The van der Waals surface area contributed by atoms with Gasteiger partial charge in [0.2, 0.25) is 5.91 Å². The molecule has 1 saturated heterocycles. The van der Waals surface area contributed by atoms with Crippen molar-refractivity contribution >= 4 is 5.91 Å². The van der Waals surface area contributed by atoms with Gasteiger partial charge in [-0.2, -0.15) is 0 Å². The smallest absolute Gasteiger partial charge is 0.236 e. The van der Waals surface area contributed by atoms with Crippen LogP contribution in [0, 0.1) is 5.92 Å². The lowest BCUT2D eigenvalue weighted by molar-refractivity contribution is -0.133. The predicted octanol–water partition coefficient (Wildman–Crippen LogP) is 0.786. The molecule has 1 N–H and O–H groups in total. The average molecular weight is 241 g/mol. The van der Waals surface area contributed by atoms with E-state index < -0.39 is 0 Å². The molecular weight excluding hydrogens is 214 g/mol. The molecule has 1 unspecified atom stereocenters. The first-order valence-electron chi connectivity index (χ1n) is 6.74. The van der Waals surface area contributed by atoms with Crippen LogP contribution in [0.25, 0.3) is 0 Å². The number of amides is 1. The van der Waals surface area contributed by atoms with Gasteiger partial charge in [-0.1, -0.05) is 6.92 Å². The Hall–Kier alpha value is -0.610. The van der Waals surface area contributed by atoms with Gasteiger partial charge in [0, 0.05) is 13.1 Å². The van der Waals surface area contributed by atoms with Gasteiger partial charge in [0.1, 0.15) is 0 Å². The number of hydrogen-bond acceptors (Lipinski definition) is 3. The Labute approximate surface area is 105 Å². The molecule has 100 valence electrons. The van der Waals surface area contributed by atoms with Crippen LogP contribution in [0.15, 0.2) is 0 Å². The summed E-state index contributed by atoms with van der Waals surface area (Å²) >= 11 is 0. The fraction of sp³-hybridized carbons (Fsp3) is 0.923. The highest BCUT2D eigenvalue weighted by Crippen LogP contribution is 2.15. The molecule has 1 amide bonds. The van der Waals surface area contributed by atoms with Crippen molar-refractivity contribution in [3.63, 3.8) is 0 Å². The van der Waals surface area contributed by atoms with Crippen molar-refractivity contribution in [3.05, 3.63) is 0 Å². The number of nitrogens with one attached hydrogen (secondary N) is 1. The first kappa shape index (κ1) is 14.5. The van der Waals surface area contributed by atoms with Gasteiger partial charge in [-0.05, 0) is 52.4 Å². The van der Waals surface area contributed by atoms with E-state index in [0.29, 0.717) is 18.4 Å². The van der Waals surface area contributed by atoms with Gasteiger partial charge in [-0.3, -0.25) is 9.69 Å². The molecule has 1 heterocycles. The summed E-state index contributed by atoms with van der Waals surface area (Å²) in [6.45, 7) is 6.69. The largest absolute Gasteiger partial charge is 0.341 e. The zero-order chi connectivity index (χ0) is 12.7. The van der Waals surface area contributed by atoms with E-state index in [4.69, 9.17) is 0 Å². The quantitative estimate of drug-likeness (QED) is 0.698. The van der Waals surface area contributed by atoms with Crippen molar-refractivity contribution in [1.29, 1.82) is 0 Å². The minimum atomic E-state index is 0.295. The number of carbonyl (C=O) groups is 1. The Balaban J connectivity index is 2.22. The maximum absolute atomic E-state index is 12.1. The molecule has 0 bridgehead atoms. The predicted molar refractivity (Wildman–Crippen MR) is 71.0 cm³/mol. The average Bonchev–Trinajstić information content (AvgIpc) is 2.29. The number of hydrogen-bond donors (Lipinski definition) is 1. The third kappa shape index (κ3) is 5.50. The normalized spacial score (nSPS) is 20.9. The zero-order valence-electron chi connectivity index (χ0n) is 11.5. The van der Waals surface area contributed by atoms with Crippen LogP contribution in [0.1, 0.15) is 26.2 Å². The molecule has 1 rings (SSSR count). The second kappa shape index (κ2) is 7.67. The van der Waals surface area contributed by atoms with Crippen LogP contribution >= 0.6 is 0 Å². The number of likely N-dealkylation sites (N-methyl/N-ethyl adjacent to an activating group) is 1. The summed E-state index contributed by atoms with van der Waals surface area (Å²) in [4.78, 5) is 16.2. The van der Waals surface area contributed by atoms with Crippen LogP contribution in [0.4, 0.5) is 0 Å². The highest BCUT2D eigenvalue weighted by atomic mass is 16.2. The van der Waals surface area contributed by atoms with E-state index in [1.807, 2.05) is 19.0 Å². The van der Waals surface area contributed by atoms with E-state index in [0.717, 1.165) is 39.0 Å². The molecule has 1 atom stereocenters. The van der Waals surface area contributed by atoms with E-state index in [2.05, 4.69) is 17.1 Å². The minimum Gasteiger partial charge on any atom is -0.341 e.